The van der Waals surface area contributed by atoms with E-state index in [1.54, 1.807) is 16.3 Å². The summed E-state index contributed by atoms with van der Waals surface area (Å²) >= 11 is 1.75. The summed E-state index contributed by atoms with van der Waals surface area (Å²) in [6.07, 6.45) is 0.827. The Morgan fingerprint density at radius 3 is 2.95 bits per heavy atom. The number of nitrogens with one attached hydrogen (secondary N) is 1. The Kier molecular flexibility index (Phi) is 5.19. The summed E-state index contributed by atoms with van der Waals surface area (Å²) in [6, 6.07) is 8.08. The predicted octanol–water partition coefficient (Wildman–Crippen LogP) is 3.48. The van der Waals surface area contributed by atoms with E-state index in [4.69, 9.17) is 4.74 Å². The lowest BCUT2D eigenvalue weighted by Crippen LogP contribution is -2.21. The van der Waals surface area contributed by atoms with Crippen LogP contribution in [0.3, 0.4) is 0 Å². The zero-order valence-corrected chi connectivity index (χ0v) is 13.7. The summed E-state index contributed by atoms with van der Waals surface area (Å²) in [5, 5.41) is 5.47. The molecular formula is C15H19ClN2O2S. The van der Waals surface area contributed by atoms with Crippen molar-refractivity contribution in [1.29, 1.82) is 0 Å². The van der Waals surface area contributed by atoms with E-state index in [1.165, 1.54) is 18.1 Å². The van der Waals surface area contributed by atoms with E-state index in [2.05, 4.69) is 11.4 Å². The molecule has 0 fully saturated rings. The molecule has 1 aromatic carbocycles. The second kappa shape index (κ2) is 6.73. The number of halogens is 1. The average Bonchev–Trinajstić information content (AvgIpc) is 2.82. The van der Waals surface area contributed by atoms with Gasteiger partial charge in [-0.1, -0.05) is 18.2 Å². The first-order valence-electron chi connectivity index (χ1n) is 6.77. The Morgan fingerprint density at radius 2 is 2.24 bits per heavy atom. The maximum Gasteiger partial charge on any atom is 0.419 e. The van der Waals surface area contributed by atoms with Gasteiger partial charge in [-0.2, -0.15) is 0 Å². The zero-order chi connectivity index (χ0) is 14.1. The summed E-state index contributed by atoms with van der Waals surface area (Å²) in [5.74, 6) is 1.49. The SMILES string of the molecule is CNCC1CCSc2c1c1ccccc1n2C(=O)OC.Cl. The molecule has 2 heterocycles. The zero-order valence-electron chi connectivity index (χ0n) is 12.1. The molecule has 21 heavy (non-hydrogen) atoms. The van der Waals surface area contributed by atoms with Crippen LogP contribution in [0.1, 0.15) is 17.9 Å². The van der Waals surface area contributed by atoms with Crippen molar-refractivity contribution in [3.8, 4) is 0 Å². The van der Waals surface area contributed by atoms with E-state index < -0.39 is 0 Å². The lowest BCUT2D eigenvalue weighted by atomic mass is 9.95. The first-order valence-corrected chi connectivity index (χ1v) is 7.75. The molecule has 1 N–H and O–H groups in total. The van der Waals surface area contributed by atoms with Gasteiger partial charge in [0.05, 0.1) is 17.7 Å². The third-order valence-electron chi connectivity index (χ3n) is 3.79. The summed E-state index contributed by atoms with van der Waals surface area (Å²) < 4.78 is 6.68. The van der Waals surface area contributed by atoms with Crippen LogP contribution in [0.5, 0.6) is 0 Å². The van der Waals surface area contributed by atoms with Crippen LogP contribution in [0, 0.1) is 0 Å². The van der Waals surface area contributed by atoms with Crippen LogP contribution < -0.4 is 5.32 Å². The lowest BCUT2D eigenvalue weighted by Gasteiger charge is -2.23. The molecule has 4 nitrogen and oxygen atoms in total. The maximum absolute atomic E-state index is 12.1. The number of fused-ring (bicyclic) bond motifs is 3. The fourth-order valence-corrected chi connectivity index (χ4v) is 4.27. The minimum absolute atomic E-state index is 0. The molecule has 1 aliphatic heterocycles. The first kappa shape index (κ1) is 16.2. The molecule has 6 heteroatoms. The molecule has 1 aromatic heterocycles. The Morgan fingerprint density at radius 1 is 1.48 bits per heavy atom. The van der Waals surface area contributed by atoms with Gasteiger partial charge in [0, 0.05) is 23.6 Å². The van der Waals surface area contributed by atoms with Gasteiger partial charge >= 0.3 is 6.09 Å². The standard InChI is InChI=1S/C15H18N2O2S.ClH/c1-16-9-10-7-8-20-14-13(10)11-5-3-4-6-12(11)17(14)15(18)19-2;/h3-6,10,16H,7-9H2,1-2H3;1H. The Hall–Kier alpha value is -1.17. The maximum atomic E-state index is 12.1. The molecule has 0 amide bonds. The van der Waals surface area contributed by atoms with Gasteiger partial charge in [-0.15, -0.1) is 24.2 Å². The highest BCUT2D eigenvalue weighted by Crippen LogP contribution is 2.43. The van der Waals surface area contributed by atoms with Crippen LogP contribution in [0.4, 0.5) is 4.79 Å². The molecule has 1 atom stereocenters. The molecule has 0 saturated heterocycles. The van der Waals surface area contributed by atoms with Crippen LogP contribution in [-0.2, 0) is 4.74 Å². The van der Waals surface area contributed by atoms with Gasteiger partial charge in [-0.3, -0.25) is 0 Å². The van der Waals surface area contributed by atoms with Gasteiger partial charge in [0.25, 0.3) is 0 Å². The largest absolute Gasteiger partial charge is 0.452 e. The number of ether oxygens (including phenoxy) is 1. The summed E-state index contributed by atoms with van der Waals surface area (Å²) in [7, 11) is 3.41. The fourth-order valence-electron chi connectivity index (χ4n) is 2.94. The Bertz CT molecular complexity index is 656. The number of aromatic nitrogens is 1. The van der Waals surface area contributed by atoms with Crippen molar-refractivity contribution in [1.82, 2.24) is 9.88 Å². The smallest absolute Gasteiger partial charge is 0.419 e. The van der Waals surface area contributed by atoms with Crippen molar-refractivity contribution in [2.24, 2.45) is 0 Å². The highest BCUT2D eigenvalue weighted by molar-refractivity contribution is 7.99. The number of likely N-dealkylation sites (N-methyl/N-ethyl adjacent to an activating group) is 1. The summed E-state index contributed by atoms with van der Waals surface area (Å²) in [5.41, 5.74) is 2.23. The number of para-hydroxylation sites is 1. The van der Waals surface area contributed by atoms with Crippen molar-refractivity contribution in [2.75, 3.05) is 26.5 Å². The number of hydrogen-bond acceptors (Lipinski definition) is 4. The molecule has 1 unspecified atom stereocenters. The third-order valence-corrected chi connectivity index (χ3v) is 4.91. The normalized spacial score (nSPS) is 17.1. The number of benzene rings is 1. The minimum atomic E-state index is -0.306. The van der Waals surface area contributed by atoms with Gasteiger partial charge in [0.1, 0.15) is 0 Å². The molecule has 2 aromatic rings. The van der Waals surface area contributed by atoms with Crippen molar-refractivity contribution in [2.45, 2.75) is 17.4 Å². The van der Waals surface area contributed by atoms with Crippen LogP contribution in [0.15, 0.2) is 29.3 Å². The number of nitrogens with zero attached hydrogens (tertiary/aromatic N) is 1. The van der Waals surface area contributed by atoms with Crippen LogP contribution in [0.25, 0.3) is 10.9 Å². The second-order valence-electron chi connectivity index (χ2n) is 4.93. The number of methoxy groups -OCH3 is 1. The first-order chi connectivity index (χ1) is 9.77. The van der Waals surface area contributed by atoms with Crippen LogP contribution >= 0.6 is 24.2 Å². The van der Waals surface area contributed by atoms with Crippen LogP contribution in [-0.4, -0.2) is 37.1 Å². The molecule has 114 valence electrons. The second-order valence-corrected chi connectivity index (χ2v) is 6.02. The highest BCUT2D eigenvalue weighted by Gasteiger charge is 2.29. The third kappa shape index (κ3) is 2.65. The monoisotopic (exact) mass is 326 g/mol. The van der Waals surface area contributed by atoms with Gasteiger partial charge in [-0.25, -0.2) is 9.36 Å². The van der Waals surface area contributed by atoms with Crippen LogP contribution in [0.2, 0.25) is 0 Å². The van der Waals surface area contributed by atoms with E-state index in [0.29, 0.717) is 5.92 Å². The number of thioether (sulfide) groups is 1. The van der Waals surface area contributed by atoms with Gasteiger partial charge in [-0.05, 0) is 25.1 Å². The predicted molar refractivity (Wildman–Crippen MR) is 89.0 cm³/mol. The highest BCUT2D eigenvalue weighted by atomic mass is 35.5. The van der Waals surface area contributed by atoms with Crippen molar-refractivity contribution >= 4 is 41.2 Å². The quantitative estimate of drug-likeness (QED) is 0.917. The molecule has 0 aliphatic carbocycles. The number of carbonyl (C=O) groups is 1. The van der Waals surface area contributed by atoms with Crippen molar-refractivity contribution in [3.63, 3.8) is 0 Å². The number of rotatable bonds is 2. The van der Waals surface area contributed by atoms with E-state index in [1.807, 2.05) is 25.2 Å². The molecule has 0 bridgehead atoms. The van der Waals surface area contributed by atoms with Gasteiger partial charge in [0.2, 0.25) is 0 Å². The van der Waals surface area contributed by atoms with Crippen molar-refractivity contribution < 1.29 is 9.53 Å². The number of hydrogen-bond donors (Lipinski definition) is 1. The lowest BCUT2D eigenvalue weighted by molar-refractivity contribution is 0.172. The van der Waals surface area contributed by atoms with E-state index in [0.717, 1.165) is 29.3 Å². The molecule has 1 aliphatic rings. The molecule has 0 spiro atoms. The fraction of sp³-hybridized carbons (Fsp3) is 0.400. The molecule has 0 saturated carbocycles. The average molecular weight is 327 g/mol. The molecule has 0 radical (unpaired) electrons. The molecular weight excluding hydrogens is 308 g/mol. The Balaban J connectivity index is 0.00000161. The van der Waals surface area contributed by atoms with Gasteiger partial charge < -0.3 is 10.1 Å². The van der Waals surface area contributed by atoms with E-state index >= 15 is 0 Å². The topological polar surface area (TPSA) is 43.3 Å². The number of carbonyl (C=O) groups excluding carboxylic acids is 1. The summed E-state index contributed by atoms with van der Waals surface area (Å²) in [6.45, 7) is 0.933. The van der Waals surface area contributed by atoms with E-state index in [-0.39, 0.29) is 18.5 Å². The van der Waals surface area contributed by atoms with E-state index in [9.17, 15) is 4.79 Å². The minimum Gasteiger partial charge on any atom is -0.452 e. The Labute approximate surface area is 134 Å². The summed E-state index contributed by atoms with van der Waals surface area (Å²) in [4.78, 5) is 12.1. The van der Waals surface area contributed by atoms with Gasteiger partial charge in [0.15, 0.2) is 0 Å². The van der Waals surface area contributed by atoms with Crippen molar-refractivity contribution in [3.05, 3.63) is 29.8 Å². The molecule has 3 rings (SSSR count).